The van der Waals surface area contributed by atoms with Crippen molar-refractivity contribution in [3.63, 3.8) is 0 Å². The molecule has 1 fully saturated rings. The Morgan fingerprint density at radius 3 is 2.57 bits per heavy atom. The van der Waals surface area contributed by atoms with Crippen molar-refractivity contribution in [1.82, 2.24) is 9.21 Å². The second kappa shape index (κ2) is 5.19. The molecular weight excluding hydrogens is 294 g/mol. The number of hydrogen-bond acceptors (Lipinski definition) is 4. The molecular formula is C13H17N3O4S. The van der Waals surface area contributed by atoms with Crippen LogP contribution in [0.3, 0.4) is 0 Å². The van der Waals surface area contributed by atoms with Gasteiger partial charge in [0, 0.05) is 38.4 Å². The van der Waals surface area contributed by atoms with Crippen molar-refractivity contribution in [3.8, 4) is 0 Å². The lowest BCUT2D eigenvalue weighted by Gasteiger charge is -2.32. The lowest BCUT2D eigenvalue weighted by molar-refractivity contribution is 0.126. The van der Waals surface area contributed by atoms with Gasteiger partial charge in [0.05, 0.1) is 4.90 Å². The molecule has 21 heavy (non-hydrogen) atoms. The van der Waals surface area contributed by atoms with E-state index in [9.17, 15) is 13.2 Å². The molecule has 1 aromatic rings. The summed E-state index contributed by atoms with van der Waals surface area (Å²) < 4.78 is 26.6. The van der Waals surface area contributed by atoms with Crippen LogP contribution >= 0.6 is 0 Å². The number of fused-ring (bicyclic) bond motifs is 1. The summed E-state index contributed by atoms with van der Waals surface area (Å²) in [5.41, 5.74) is 2.00. The fraction of sp³-hybridized carbons (Fsp3) is 0.462. The zero-order chi connectivity index (χ0) is 15.0. The number of anilines is 1. The Hall–Kier alpha value is -1.80. The van der Waals surface area contributed by atoms with Gasteiger partial charge in [-0.15, -0.1) is 0 Å². The van der Waals surface area contributed by atoms with Crippen molar-refractivity contribution in [2.45, 2.75) is 11.3 Å². The van der Waals surface area contributed by atoms with Crippen LogP contribution < -0.4 is 5.32 Å². The molecule has 114 valence electrons. The van der Waals surface area contributed by atoms with E-state index in [0.29, 0.717) is 0 Å². The summed E-state index contributed by atoms with van der Waals surface area (Å²) in [6.07, 6.45) is -0.179. The molecule has 1 amide bonds. The number of sulfonamides is 1. The maximum atomic E-state index is 12.6. The van der Waals surface area contributed by atoms with Crippen LogP contribution in [0.5, 0.6) is 0 Å². The summed E-state index contributed by atoms with van der Waals surface area (Å²) in [6.45, 7) is 1.65. The van der Waals surface area contributed by atoms with Gasteiger partial charge in [-0.1, -0.05) is 0 Å². The van der Waals surface area contributed by atoms with E-state index in [1.807, 2.05) is 0 Å². The van der Waals surface area contributed by atoms with Crippen molar-refractivity contribution < 1.29 is 18.3 Å². The van der Waals surface area contributed by atoms with Crippen LogP contribution in [-0.4, -0.2) is 61.5 Å². The fourth-order valence-electron chi connectivity index (χ4n) is 2.71. The zero-order valence-electron chi connectivity index (χ0n) is 11.4. The largest absolute Gasteiger partial charge is 0.465 e. The maximum Gasteiger partial charge on any atom is 0.407 e. The van der Waals surface area contributed by atoms with Crippen LogP contribution in [-0.2, 0) is 16.4 Å². The highest BCUT2D eigenvalue weighted by molar-refractivity contribution is 7.89. The van der Waals surface area contributed by atoms with E-state index in [0.717, 1.165) is 24.2 Å². The van der Waals surface area contributed by atoms with E-state index in [1.54, 1.807) is 18.2 Å². The Morgan fingerprint density at radius 1 is 1.19 bits per heavy atom. The summed E-state index contributed by atoms with van der Waals surface area (Å²) in [4.78, 5) is 12.4. The summed E-state index contributed by atoms with van der Waals surface area (Å²) >= 11 is 0. The molecule has 1 saturated heterocycles. The number of hydrogen-bond donors (Lipinski definition) is 2. The van der Waals surface area contributed by atoms with E-state index in [2.05, 4.69) is 5.32 Å². The average molecular weight is 311 g/mol. The molecule has 0 bridgehead atoms. The minimum absolute atomic E-state index is 0.198. The first kappa shape index (κ1) is 14.2. The quantitative estimate of drug-likeness (QED) is 0.836. The standard InChI is InChI=1S/C13H17N3O4S/c17-13(18)15-5-7-16(8-6-15)21(19,20)11-1-2-12-10(9-11)3-4-14-12/h1-2,9,14H,3-8H2,(H,17,18). The molecule has 2 N–H and O–H groups in total. The molecule has 2 heterocycles. The van der Waals surface area contributed by atoms with Gasteiger partial charge < -0.3 is 15.3 Å². The lowest BCUT2D eigenvalue weighted by Crippen LogP contribution is -2.50. The van der Waals surface area contributed by atoms with E-state index >= 15 is 0 Å². The van der Waals surface area contributed by atoms with Crippen molar-refractivity contribution in [2.75, 3.05) is 38.0 Å². The van der Waals surface area contributed by atoms with Gasteiger partial charge >= 0.3 is 6.09 Å². The third-order valence-corrected chi connectivity index (χ3v) is 5.83. The lowest BCUT2D eigenvalue weighted by atomic mass is 10.2. The maximum absolute atomic E-state index is 12.6. The van der Waals surface area contributed by atoms with Crippen LogP contribution in [0, 0.1) is 0 Å². The number of nitrogens with zero attached hydrogens (tertiary/aromatic N) is 2. The van der Waals surface area contributed by atoms with Crippen LogP contribution in [0.2, 0.25) is 0 Å². The molecule has 0 atom stereocenters. The van der Waals surface area contributed by atoms with E-state index in [1.165, 1.54) is 9.21 Å². The highest BCUT2D eigenvalue weighted by atomic mass is 32.2. The summed E-state index contributed by atoms with van der Waals surface area (Å²) in [6, 6.07) is 5.12. The summed E-state index contributed by atoms with van der Waals surface area (Å²) in [5, 5.41) is 12.1. The molecule has 2 aliphatic heterocycles. The van der Waals surface area contributed by atoms with Crippen LogP contribution in [0.25, 0.3) is 0 Å². The molecule has 3 rings (SSSR count). The second-order valence-corrected chi connectivity index (χ2v) is 7.11. The molecule has 7 nitrogen and oxygen atoms in total. The van der Waals surface area contributed by atoms with Gasteiger partial charge in [0.2, 0.25) is 10.0 Å². The van der Waals surface area contributed by atoms with Crippen molar-refractivity contribution in [1.29, 1.82) is 0 Å². The van der Waals surface area contributed by atoms with E-state index in [-0.39, 0.29) is 31.1 Å². The Balaban J connectivity index is 1.80. The molecule has 2 aliphatic rings. The molecule has 0 radical (unpaired) electrons. The smallest absolute Gasteiger partial charge is 0.407 e. The van der Waals surface area contributed by atoms with Gasteiger partial charge in [-0.25, -0.2) is 13.2 Å². The van der Waals surface area contributed by atoms with E-state index < -0.39 is 16.1 Å². The fourth-order valence-corrected chi connectivity index (χ4v) is 4.18. The highest BCUT2D eigenvalue weighted by Gasteiger charge is 2.30. The number of piperazine rings is 1. The SMILES string of the molecule is O=C(O)N1CCN(S(=O)(=O)c2ccc3c(c2)CCN3)CC1. The minimum Gasteiger partial charge on any atom is -0.465 e. The Labute approximate surface area is 123 Å². The molecule has 8 heteroatoms. The topological polar surface area (TPSA) is 90.0 Å². The van der Waals surface area contributed by atoms with Gasteiger partial charge in [0.1, 0.15) is 0 Å². The molecule has 0 aromatic heterocycles. The normalized spacial score (nSPS) is 19.1. The predicted molar refractivity (Wildman–Crippen MR) is 77.0 cm³/mol. The first-order valence-electron chi connectivity index (χ1n) is 6.83. The van der Waals surface area contributed by atoms with Crippen LogP contribution in [0.1, 0.15) is 5.56 Å². The minimum atomic E-state index is -3.55. The van der Waals surface area contributed by atoms with E-state index in [4.69, 9.17) is 5.11 Å². The number of nitrogens with one attached hydrogen (secondary N) is 1. The monoisotopic (exact) mass is 311 g/mol. The molecule has 0 aliphatic carbocycles. The molecule has 0 spiro atoms. The third-order valence-electron chi connectivity index (χ3n) is 3.93. The first-order chi connectivity index (χ1) is 9.98. The Morgan fingerprint density at radius 2 is 1.90 bits per heavy atom. The van der Waals surface area contributed by atoms with Gasteiger partial charge in [0.25, 0.3) is 0 Å². The van der Waals surface area contributed by atoms with Crippen LogP contribution in [0.4, 0.5) is 10.5 Å². The summed E-state index contributed by atoms with van der Waals surface area (Å²) in [5.74, 6) is 0. The van der Waals surface area contributed by atoms with Crippen molar-refractivity contribution >= 4 is 21.8 Å². The Kier molecular flexibility index (Phi) is 3.50. The third kappa shape index (κ3) is 2.56. The predicted octanol–water partition coefficient (Wildman–Crippen LogP) is 0.639. The summed E-state index contributed by atoms with van der Waals surface area (Å²) in [7, 11) is -3.55. The average Bonchev–Trinajstić information content (AvgIpc) is 2.94. The molecule has 1 aromatic carbocycles. The molecule has 0 unspecified atom stereocenters. The number of carbonyl (C=O) groups is 1. The van der Waals surface area contributed by atoms with Crippen molar-refractivity contribution in [3.05, 3.63) is 23.8 Å². The number of amides is 1. The van der Waals surface area contributed by atoms with Gasteiger partial charge in [-0.05, 0) is 30.2 Å². The van der Waals surface area contributed by atoms with Gasteiger partial charge in [-0.2, -0.15) is 4.31 Å². The Bertz CT molecular complexity index is 666. The first-order valence-corrected chi connectivity index (χ1v) is 8.27. The number of benzene rings is 1. The number of rotatable bonds is 2. The highest BCUT2D eigenvalue weighted by Crippen LogP contribution is 2.27. The van der Waals surface area contributed by atoms with Gasteiger partial charge in [-0.3, -0.25) is 0 Å². The zero-order valence-corrected chi connectivity index (χ0v) is 12.3. The van der Waals surface area contributed by atoms with Crippen molar-refractivity contribution in [2.24, 2.45) is 0 Å². The second-order valence-electron chi connectivity index (χ2n) is 5.17. The van der Waals surface area contributed by atoms with Crippen LogP contribution in [0.15, 0.2) is 23.1 Å². The number of carboxylic acid groups (broad SMARTS) is 1. The molecule has 0 saturated carbocycles. The van der Waals surface area contributed by atoms with Gasteiger partial charge in [0.15, 0.2) is 0 Å².